The third kappa shape index (κ3) is 2.71. The van der Waals surface area contributed by atoms with Crippen LogP contribution in [-0.4, -0.2) is 4.98 Å². The molecule has 19 heavy (non-hydrogen) atoms. The molecular formula is C16H13IN2. The van der Waals surface area contributed by atoms with Gasteiger partial charge in [0, 0.05) is 26.0 Å². The molecule has 0 unspecified atom stereocenters. The summed E-state index contributed by atoms with van der Waals surface area (Å²) in [6.07, 6.45) is 0. The number of halogens is 1. The van der Waals surface area contributed by atoms with E-state index in [2.05, 4.69) is 69.3 Å². The Bertz CT molecular complexity index is 720. The van der Waals surface area contributed by atoms with Crippen LogP contribution in [-0.2, 0) is 0 Å². The van der Waals surface area contributed by atoms with Gasteiger partial charge in [-0.05, 0) is 65.9 Å². The second kappa shape index (κ2) is 5.17. The average molecular weight is 360 g/mol. The third-order valence-electron chi connectivity index (χ3n) is 2.97. The van der Waals surface area contributed by atoms with Gasteiger partial charge in [-0.15, -0.1) is 0 Å². The van der Waals surface area contributed by atoms with E-state index in [4.69, 9.17) is 0 Å². The standard InChI is InChI=1S/C16H13IN2/c1-11-10-16(14-4-2-3-5-15(14)18-11)19-13-8-6-12(17)7-9-13/h2-10H,1H3,(H,18,19). The molecule has 0 bridgehead atoms. The summed E-state index contributed by atoms with van der Waals surface area (Å²) in [5.41, 5.74) is 4.24. The lowest BCUT2D eigenvalue weighted by molar-refractivity contribution is 1.25. The Kier molecular flexibility index (Phi) is 3.38. The van der Waals surface area contributed by atoms with Gasteiger partial charge in [0.2, 0.25) is 0 Å². The van der Waals surface area contributed by atoms with Crippen molar-refractivity contribution in [1.29, 1.82) is 0 Å². The highest BCUT2D eigenvalue weighted by atomic mass is 127. The van der Waals surface area contributed by atoms with Gasteiger partial charge in [0.25, 0.3) is 0 Å². The molecule has 0 radical (unpaired) electrons. The van der Waals surface area contributed by atoms with Gasteiger partial charge in [0.05, 0.1) is 5.52 Å². The maximum Gasteiger partial charge on any atom is 0.0726 e. The highest BCUT2D eigenvalue weighted by molar-refractivity contribution is 14.1. The lowest BCUT2D eigenvalue weighted by Crippen LogP contribution is -1.94. The first-order valence-corrected chi connectivity index (χ1v) is 7.19. The van der Waals surface area contributed by atoms with E-state index in [0.29, 0.717) is 0 Å². The van der Waals surface area contributed by atoms with Gasteiger partial charge in [0.15, 0.2) is 0 Å². The number of hydrogen-bond donors (Lipinski definition) is 1. The molecule has 0 aliphatic rings. The van der Waals surface area contributed by atoms with Crippen molar-refractivity contribution in [3.05, 3.63) is 63.9 Å². The first kappa shape index (κ1) is 12.4. The van der Waals surface area contributed by atoms with Gasteiger partial charge in [0.1, 0.15) is 0 Å². The van der Waals surface area contributed by atoms with Gasteiger partial charge in [-0.25, -0.2) is 0 Å². The Morgan fingerprint density at radius 1 is 1.00 bits per heavy atom. The molecule has 0 atom stereocenters. The van der Waals surface area contributed by atoms with Crippen LogP contribution in [0.2, 0.25) is 0 Å². The number of aromatic nitrogens is 1. The van der Waals surface area contributed by atoms with E-state index >= 15 is 0 Å². The van der Waals surface area contributed by atoms with E-state index < -0.39 is 0 Å². The predicted octanol–water partition coefficient (Wildman–Crippen LogP) is 4.89. The highest BCUT2D eigenvalue weighted by Gasteiger charge is 2.03. The summed E-state index contributed by atoms with van der Waals surface area (Å²) < 4.78 is 1.24. The fourth-order valence-corrected chi connectivity index (χ4v) is 2.46. The zero-order valence-corrected chi connectivity index (χ0v) is 12.7. The molecule has 1 N–H and O–H groups in total. The second-order valence-electron chi connectivity index (χ2n) is 4.46. The molecule has 2 aromatic carbocycles. The number of rotatable bonds is 2. The maximum atomic E-state index is 4.55. The molecule has 0 spiro atoms. The van der Waals surface area contributed by atoms with E-state index in [9.17, 15) is 0 Å². The monoisotopic (exact) mass is 360 g/mol. The summed E-state index contributed by atoms with van der Waals surface area (Å²) in [5.74, 6) is 0. The van der Waals surface area contributed by atoms with Gasteiger partial charge in [-0.3, -0.25) is 4.98 Å². The Morgan fingerprint density at radius 2 is 1.74 bits per heavy atom. The molecule has 1 aromatic heterocycles. The SMILES string of the molecule is Cc1cc(Nc2ccc(I)cc2)c2ccccc2n1. The number of hydrogen-bond acceptors (Lipinski definition) is 2. The number of benzene rings is 2. The lowest BCUT2D eigenvalue weighted by atomic mass is 10.1. The molecule has 0 amide bonds. The van der Waals surface area contributed by atoms with Gasteiger partial charge in [-0.2, -0.15) is 0 Å². The van der Waals surface area contributed by atoms with E-state index in [1.54, 1.807) is 0 Å². The van der Waals surface area contributed by atoms with Crippen molar-refractivity contribution in [1.82, 2.24) is 4.98 Å². The highest BCUT2D eigenvalue weighted by Crippen LogP contribution is 2.26. The molecule has 0 saturated carbocycles. The van der Waals surface area contributed by atoms with Crippen LogP contribution in [0.5, 0.6) is 0 Å². The van der Waals surface area contributed by atoms with Crippen LogP contribution in [0.1, 0.15) is 5.69 Å². The summed E-state index contributed by atoms with van der Waals surface area (Å²) in [7, 11) is 0. The van der Waals surface area contributed by atoms with Crippen molar-refractivity contribution in [2.45, 2.75) is 6.92 Å². The molecule has 3 heteroatoms. The van der Waals surface area contributed by atoms with Crippen molar-refractivity contribution >= 4 is 44.9 Å². The minimum absolute atomic E-state index is 1.02. The van der Waals surface area contributed by atoms with Crippen molar-refractivity contribution < 1.29 is 0 Å². The second-order valence-corrected chi connectivity index (χ2v) is 5.71. The first-order chi connectivity index (χ1) is 9.22. The molecule has 1 heterocycles. The molecule has 2 nitrogen and oxygen atoms in total. The summed E-state index contributed by atoms with van der Waals surface area (Å²) in [5, 5.41) is 4.62. The number of aryl methyl sites for hydroxylation is 1. The zero-order chi connectivity index (χ0) is 13.2. The summed E-state index contributed by atoms with van der Waals surface area (Å²) >= 11 is 2.31. The van der Waals surface area contributed by atoms with Crippen molar-refractivity contribution in [2.24, 2.45) is 0 Å². The van der Waals surface area contributed by atoms with Crippen LogP contribution in [0.4, 0.5) is 11.4 Å². The Hall–Kier alpha value is -1.62. The predicted molar refractivity (Wildman–Crippen MR) is 88.9 cm³/mol. The Labute approximate surface area is 126 Å². The third-order valence-corrected chi connectivity index (χ3v) is 3.69. The molecule has 94 valence electrons. The Balaban J connectivity index is 2.07. The molecular weight excluding hydrogens is 347 g/mol. The van der Waals surface area contributed by atoms with E-state index in [1.165, 1.54) is 3.57 Å². The largest absolute Gasteiger partial charge is 0.355 e. The minimum atomic E-state index is 1.02. The molecule has 0 aliphatic carbocycles. The van der Waals surface area contributed by atoms with E-state index in [1.807, 2.05) is 25.1 Å². The van der Waals surface area contributed by atoms with Crippen LogP contribution in [0.3, 0.4) is 0 Å². The molecule has 3 rings (SSSR count). The number of anilines is 2. The number of pyridine rings is 1. The maximum absolute atomic E-state index is 4.55. The van der Waals surface area contributed by atoms with Crippen molar-refractivity contribution in [3.8, 4) is 0 Å². The molecule has 0 aliphatic heterocycles. The summed E-state index contributed by atoms with van der Waals surface area (Å²) in [6, 6.07) is 18.7. The van der Waals surface area contributed by atoms with Crippen LogP contribution in [0.15, 0.2) is 54.6 Å². The topological polar surface area (TPSA) is 24.9 Å². The van der Waals surface area contributed by atoms with Crippen LogP contribution >= 0.6 is 22.6 Å². The minimum Gasteiger partial charge on any atom is -0.355 e. The molecule has 0 saturated heterocycles. The number of para-hydroxylation sites is 1. The number of nitrogens with one attached hydrogen (secondary N) is 1. The van der Waals surface area contributed by atoms with Crippen LogP contribution in [0.25, 0.3) is 10.9 Å². The summed E-state index contributed by atoms with van der Waals surface area (Å²) in [4.78, 5) is 4.55. The summed E-state index contributed by atoms with van der Waals surface area (Å²) in [6.45, 7) is 2.02. The van der Waals surface area contributed by atoms with Crippen molar-refractivity contribution in [3.63, 3.8) is 0 Å². The van der Waals surface area contributed by atoms with Crippen LogP contribution in [0, 0.1) is 10.5 Å². The fourth-order valence-electron chi connectivity index (χ4n) is 2.10. The normalized spacial score (nSPS) is 10.6. The lowest BCUT2D eigenvalue weighted by Gasteiger charge is -2.10. The van der Waals surface area contributed by atoms with Gasteiger partial charge >= 0.3 is 0 Å². The molecule has 0 fully saturated rings. The molecule has 3 aromatic rings. The first-order valence-electron chi connectivity index (χ1n) is 6.11. The van der Waals surface area contributed by atoms with Gasteiger partial charge < -0.3 is 5.32 Å². The van der Waals surface area contributed by atoms with Crippen molar-refractivity contribution in [2.75, 3.05) is 5.32 Å². The fraction of sp³-hybridized carbons (Fsp3) is 0.0625. The van der Waals surface area contributed by atoms with Crippen LogP contribution < -0.4 is 5.32 Å². The van der Waals surface area contributed by atoms with Gasteiger partial charge in [-0.1, -0.05) is 18.2 Å². The van der Waals surface area contributed by atoms with E-state index in [-0.39, 0.29) is 0 Å². The number of fused-ring (bicyclic) bond motifs is 1. The number of nitrogens with zero attached hydrogens (tertiary/aromatic N) is 1. The van der Waals surface area contributed by atoms with E-state index in [0.717, 1.165) is 28.0 Å². The Morgan fingerprint density at radius 3 is 2.53 bits per heavy atom. The zero-order valence-electron chi connectivity index (χ0n) is 10.5. The quantitative estimate of drug-likeness (QED) is 0.658. The smallest absolute Gasteiger partial charge is 0.0726 e. The average Bonchev–Trinajstić information content (AvgIpc) is 2.41.